The molecule has 1 aliphatic carbocycles. The fraction of sp³-hybridized carbons (Fsp3) is 0. The largest absolute Gasteiger partial charge is 0.397 e. The third-order valence-corrected chi connectivity index (χ3v) is 3.66. The van der Waals surface area contributed by atoms with Gasteiger partial charge in [0.1, 0.15) is 4.90 Å². The molecule has 3 N–H and O–H groups in total. The Balaban J connectivity index is 2.64. The molecule has 0 saturated heterocycles. The van der Waals surface area contributed by atoms with Crippen LogP contribution in [0.1, 0.15) is 0 Å². The molecule has 4 nitrogen and oxygen atoms in total. The minimum absolute atomic E-state index is 0.130. The molecule has 76 valence electrons. The number of nitrogen functional groups attached to an aromatic ring is 1. The topological polar surface area (TPSA) is 80.4 Å². The van der Waals surface area contributed by atoms with Crippen molar-refractivity contribution in [2.45, 2.75) is 4.90 Å². The van der Waals surface area contributed by atoms with Crippen LogP contribution in [0.2, 0.25) is 0 Å². The van der Waals surface area contributed by atoms with E-state index in [2.05, 4.69) is 0 Å². The lowest BCUT2D eigenvalue weighted by molar-refractivity contribution is 0.484. The Labute approximate surface area is 86.1 Å². The van der Waals surface area contributed by atoms with Crippen molar-refractivity contribution in [2.24, 2.45) is 0 Å². The summed E-state index contributed by atoms with van der Waals surface area (Å²) in [5.74, 6) is 0. The fourth-order valence-corrected chi connectivity index (χ4v) is 2.93. The Morgan fingerprint density at radius 3 is 2.60 bits per heavy atom. The van der Waals surface area contributed by atoms with Gasteiger partial charge >= 0.3 is 0 Å². The highest BCUT2D eigenvalue weighted by Gasteiger charge is 2.25. The van der Waals surface area contributed by atoms with Crippen molar-refractivity contribution in [2.75, 3.05) is 5.73 Å². The first-order chi connectivity index (χ1) is 6.98. The zero-order valence-corrected chi connectivity index (χ0v) is 8.38. The van der Waals surface area contributed by atoms with Crippen LogP contribution in [0.3, 0.4) is 0 Å². The van der Waals surface area contributed by atoms with Crippen molar-refractivity contribution in [1.29, 1.82) is 0 Å². The smallest absolute Gasteiger partial charge is 0.297 e. The van der Waals surface area contributed by atoms with E-state index in [-0.39, 0.29) is 10.6 Å². The van der Waals surface area contributed by atoms with Crippen LogP contribution >= 0.6 is 0 Å². The number of hydrogen-bond donors (Lipinski definition) is 2. The number of hydrogen-bond acceptors (Lipinski definition) is 3. The first-order valence-corrected chi connectivity index (χ1v) is 5.76. The summed E-state index contributed by atoms with van der Waals surface area (Å²) in [6, 6.07) is 7.14. The molecule has 3 bridgehead atoms. The molecular formula is C10H7NO3S. The lowest BCUT2D eigenvalue weighted by atomic mass is 10.1. The van der Waals surface area contributed by atoms with Crippen LogP contribution in [0.5, 0.6) is 0 Å². The fourth-order valence-electron chi connectivity index (χ4n) is 2.07. The van der Waals surface area contributed by atoms with Crippen molar-refractivity contribution in [1.82, 2.24) is 0 Å². The molecule has 15 heavy (non-hydrogen) atoms. The summed E-state index contributed by atoms with van der Waals surface area (Å²) in [4.78, 5) is -0.171. The maximum absolute atomic E-state index is 11.2. The maximum atomic E-state index is 11.2. The van der Waals surface area contributed by atoms with E-state index in [0.717, 1.165) is 10.9 Å². The first kappa shape index (κ1) is 8.70. The molecule has 0 atom stereocenters. The molecule has 0 spiro atoms. The molecule has 1 aliphatic rings. The molecule has 5 heteroatoms. The van der Waals surface area contributed by atoms with E-state index in [1.54, 1.807) is 12.1 Å². The standard InChI is InChI=1S/C10H7NO3S/c11-9-8-4-6-3-5(8)1-2-7(6)10(9)15(12,13)14/h1-4H,11H2,(H,12,13,14). The van der Waals surface area contributed by atoms with Crippen molar-refractivity contribution >= 4 is 26.6 Å². The van der Waals surface area contributed by atoms with Gasteiger partial charge in [-0.25, -0.2) is 0 Å². The lowest BCUT2D eigenvalue weighted by Crippen LogP contribution is -2.03. The quantitative estimate of drug-likeness (QED) is 0.483. The first-order valence-electron chi connectivity index (χ1n) is 4.32. The lowest BCUT2D eigenvalue weighted by Gasteiger charge is -2.05. The Morgan fingerprint density at radius 2 is 1.93 bits per heavy atom. The van der Waals surface area contributed by atoms with Crippen LogP contribution in [0.25, 0.3) is 21.9 Å². The summed E-state index contributed by atoms with van der Waals surface area (Å²) in [7, 11) is -4.26. The van der Waals surface area contributed by atoms with Crippen LogP contribution in [-0.4, -0.2) is 13.0 Å². The van der Waals surface area contributed by atoms with Gasteiger partial charge in [0.25, 0.3) is 10.1 Å². The number of rotatable bonds is 1. The van der Waals surface area contributed by atoms with E-state index in [9.17, 15) is 8.42 Å². The van der Waals surface area contributed by atoms with Gasteiger partial charge < -0.3 is 5.73 Å². The number of anilines is 1. The van der Waals surface area contributed by atoms with Crippen LogP contribution in [0, 0.1) is 0 Å². The third kappa shape index (κ3) is 0.961. The van der Waals surface area contributed by atoms with Gasteiger partial charge in [-0.05, 0) is 23.1 Å². The highest BCUT2D eigenvalue weighted by atomic mass is 32.2. The normalized spacial score (nSPS) is 13.1. The van der Waals surface area contributed by atoms with Crippen LogP contribution in [0.15, 0.2) is 29.2 Å². The van der Waals surface area contributed by atoms with Gasteiger partial charge in [-0.2, -0.15) is 8.42 Å². The van der Waals surface area contributed by atoms with Crippen molar-refractivity contribution in [3.8, 4) is 11.1 Å². The molecule has 2 aromatic carbocycles. The molecule has 0 aliphatic heterocycles. The summed E-state index contributed by atoms with van der Waals surface area (Å²) in [5, 5.41) is 1.27. The van der Waals surface area contributed by atoms with Crippen molar-refractivity contribution in [3.05, 3.63) is 24.3 Å². The maximum Gasteiger partial charge on any atom is 0.297 e. The van der Waals surface area contributed by atoms with E-state index < -0.39 is 10.1 Å². The summed E-state index contributed by atoms with van der Waals surface area (Å²) in [6.45, 7) is 0. The van der Waals surface area contributed by atoms with Crippen molar-refractivity contribution < 1.29 is 13.0 Å². The molecule has 0 amide bonds. The van der Waals surface area contributed by atoms with E-state index in [4.69, 9.17) is 10.3 Å². The van der Waals surface area contributed by atoms with E-state index >= 15 is 0 Å². The van der Waals surface area contributed by atoms with Gasteiger partial charge in [-0.15, -0.1) is 0 Å². The minimum atomic E-state index is -4.26. The number of nitrogens with two attached hydrogens (primary N) is 1. The second-order valence-corrected chi connectivity index (χ2v) is 4.94. The van der Waals surface area contributed by atoms with Gasteiger partial charge in [-0.3, -0.25) is 4.55 Å². The molecule has 3 rings (SSSR count). The Kier molecular flexibility index (Phi) is 1.34. The Bertz CT molecular complexity index is 704. The average Bonchev–Trinajstić information content (AvgIpc) is 2.35. The molecular weight excluding hydrogens is 214 g/mol. The highest BCUT2D eigenvalue weighted by Crippen LogP contribution is 2.43. The van der Waals surface area contributed by atoms with Gasteiger partial charge in [0.05, 0.1) is 5.69 Å². The summed E-state index contributed by atoms with van der Waals surface area (Å²) >= 11 is 0. The molecule has 0 heterocycles. The summed E-state index contributed by atoms with van der Waals surface area (Å²) in [5.41, 5.74) is 7.42. The van der Waals surface area contributed by atoms with Gasteiger partial charge in [0.2, 0.25) is 0 Å². The second-order valence-electron chi connectivity index (χ2n) is 3.58. The van der Waals surface area contributed by atoms with Crippen LogP contribution in [0.4, 0.5) is 5.69 Å². The van der Waals surface area contributed by atoms with Gasteiger partial charge in [0, 0.05) is 10.9 Å². The number of fused-ring (bicyclic) bond motifs is 3. The molecule has 0 radical (unpaired) electrons. The second kappa shape index (κ2) is 2.32. The number of benzene rings is 2. The molecule has 0 unspecified atom stereocenters. The molecule has 0 aromatic heterocycles. The highest BCUT2D eigenvalue weighted by molar-refractivity contribution is 7.86. The van der Waals surface area contributed by atoms with Gasteiger partial charge in [0.15, 0.2) is 0 Å². The Hall–Kier alpha value is -1.59. The van der Waals surface area contributed by atoms with Gasteiger partial charge in [-0.1, -0.05) is 12.1 Å². The predicted molar refractivity (Wildman–Crippen MR) is 57.2 cm³/mol. The van der Waals surface area contributed by atoms with Crippen LogP contribution < -0.4 is 5.73 Å². The SMILES string of the molecule is Nc1c2cc3cc-2ccc3c1S(=O)(=O)O. The summed E-state index contributed by atoms with van der Waals surface area (Å²) in [6.07, 6.45) is 0. The van der Waals surface area contributed by atoms with E-state index in [0.29, 0.717) is 10.9 Å². The average molecular weight is 221 g/mol. The predicted octanol–water partition coefficient (Wildman–Crippen LogP) is 1.65. The van der Waals surface area contributed by atoms with E-state index in [1.807, 2.05) is 12.1 Å². The zero-order chi connectivity index (χ0) is 10.8. The molecule has 0 fully saturated rings. The summed E-state index contributed by atoms with van der Waals surface area (Å²) < 4.78 is 31.5. The third-order valence-electron chi connectivity index (χ3n) is 2.70. The molecule has 0 saturated carbocycles. The van der Waals surface area contributed by atoms with E-state index in [1.165, 1.54) is 0 Å². The van der Waals surface area contributed by atoms with Crippen molar-refractivity contribution in [3.63, 3.8) is 0 Å². The van der Waals surface area contributed by atoms with Crippen LogP contribution in [-0.2, 0) is 10.1 Å². The minimum Gasteiger partial charge on any atom is -0.397 e. The Morgan fingerprint density at radius 1 is 1.20 bits per heavy atom. The molecule has 2 aromatic rings. The zero-order valence-electron chi connectivity index (χ0n) is 7.56. The monoisotopic (exact) mass is 221 g/mol.